The lowest BCUT2D eigenvalue weighted by Crippen LogP contribution is -2.42. The SMILES string of the molecule is C[C@@]12CCC3=C4CCC(=O)C=C4CCC3C1CC(=O)O2. The molecule has 0 bridgehead atoms. The van der Waals surface area contributed by atoms with Crippen LogP contribution >= 0.6 is 0 Å². The first-order valence-corrected chi connectivity index (χ1v) is 7.74. The van der Waals surface area contributed by atoms with Crippen LogP contribution in [-0.4, -0.2) is 17.4 Å². The zero-order valence-electron chi connectivity index (χ0n) is 11.9. The number of ketones is 1. The largest absolute Gasteiger partial charge is 0.459 e. The fourth-order valence-electron chi connectivity index (χ4n) is 4.80. The van der Waals surface area contributed by atoms with Crippen molar-refractivity contribution >= 4 is 11.8 Å². The van der Waals surface area contributed by atoms with Gasteiger partial charge in [0.05, 0.1) is 6.42 Å². The van der Waals surface area contributed by atoms with Crippen molar-refractivity contribution in [3.8, 4) is 0 Å². The van der Waals surface area contributed by atoms with E-state index < -0.39 is 0 Å². The molecule has 0 aromatic heterocycles. The highest BCUT2D eigenvalue weighted by molar-refractivity contribution is 5.93. The molecule has 3 aliphatic carbocycles. The standard InChI is InChI=1S/C17H20O3/c1-17-7-6-13-12-5-3-11(18)8-10(12)2-4-14(13)15(17)9-16(19)20-17/h8,14-15H,2-7,9H2,1H3/t14?,15?,17-/m1/s1. The van der Waals surface area contributed by atoms with E-state index in [0.717, 1.165) is 32.1 Å². The second kappa shape index (κ2) is 4.06. The highest BCUT2D eigenvalue weighted by atomic mass is 16.6. The number of hydrogen-bond acceptors (Lipinski definition) is 3. The fourth-order valence-corrected chi connectivity index (χ4v) is 4.80. The van der Waals surface area contributed by atoms with Gasteiger partial charge in [0, 0.05) is 12.3 Å². The molecule has 1 heterocycles. The predicted molar refractivity (Wildman–Crippen MR) is 73.9 cm³/mol. The van der Waals surface area contributed by atoms with Crippen molar-refractivity contribution in [2.75, 3.05) is 0 Å². The van der Waals surface area contributed by atoms with Crippen LogP contribution in [0.15, 0.2) is 22.8 Å². The van der Waals surface area contributed by atoms with Crippen molar-refractivity contribution in [1.82, 2.24) is 0 Å². The first-order chi connectivity index (χ1) is 9.57. The molecule has 1 saturated carbocycles. The molecule has 0 amide bonds. The van der Waals surface area contributed by atoms with Crippen molar-refractivity contribution in [2.24, 2.45) is 11.8 Å². The van der Waals surface area contributed by atoms with Crippen LogP contribution in [-0.2, 0) is 14.3 Å². The molecule has 3 nitrogen and oxygen atoms in total. The lowest BCUT2D eigenvalue weighted by atomic mass is 9.61. The summed E-state index contributed by atoms with van der Waals surface area (Å²) in [5, 5.41) is 0. The predicted octanol–water partition coefficient (Wildman–Crippen LogP) is 3.10. The molecule has 3 atom stereocenters. The van der Waals surface area contributed by atoms with E-state index in [2.05, 4.69) is 6.92 Å². The molecule has 0 N–H and O–H groups in total. The van der Waals surface area contributed by atoms with Crippen LogP contribution < -0.4 is 0 Å². The highest BCUT2D eigenvalue weighted by Crippen LogP contribution is 2.54. The molecule has 20 heavy (non-hydrogen) atoms. The normalized spacial score (nSPS) is 39.8. The van der Waals surface area contributed by atoms with Crippen LogP contribution in [0.5, 0.6) is 0 Å². The maximum atomic E-state index is 11.7. The van der Waals surface area contributed by atoms with E-state index in [9.17, 15) is 9.59 Å². The van der Waals surface area contributed by atoms with Gasteiger partial charge in [-0.15, -0.1) is 0 Å². The van der Waals surface area contributed by atoms with Crippen LogP contribution in [0.1, 0.15) is 51.9 Å². The summed E-state index contributed by atoms with van der Waals surface area (Å²) in [6.45, 7) is 2.11. The van der Waals surface area contributed by atoms with Crippen molar-refractivity contribution in [2.45, 2.75) is 57.5 Å². The van der Waals surface area contributed by atoms with Crippen LogP contribution in [0, 0.1) is 11.8 Å². The summed E-state index contributed by atoms with van der Waals surface area (Å²) < 4.78 is 5.62. The molecule has 3 heteroatoms. The molecular weight excluding hydrogens is 252 g/mol. The van der Waals surface area contributed by atoms with Gasteiger partial charge >= 0.3 is 5.97 Å². The number of carbonyl (C=O) groups is 2. The Labute approximate surface area is 119 Å². The minimum absolute atomic E-state index is 0.0242. The Hall–Kier alpha value is -1.38. The average molecular weight is 272 g/mol. The topological polar surface area (TPSA) is 43.4 Å². The van der Waals surface area contributed by atoms with Crippen molar-refractivity contribution < 1.29 is 14.3 Å². The summed E-state index contributed by atoms with van der Waals surface area (Å²) in [5.41, 5.74) is 4.02. The molecule has 106 valence electrons. The number of rotatable bonds is 0. The number of fused-ring (bicyclic) bond motifs is 4. The lowest BCUT2D eigenvalue weighted by molar-refractivity contribution is -0.149. The molecule has 1 aliphatic heterocycles. The Kier molecular flexibility index (Phi) is 2.51. The van der Waals surface area contributed by atoms with Crippen LogP contribution in [0.3, 0.4) is 0 Å². The van der Waals surface area contributed by atoms with E-state index in [1.807, 2.05) is 6.08 Å². The van der Waals surface area contributed by atoms with Gasteiger partial charge in [0.15, 0.2) is 5.78 Å². The van der Waals surface area contributed by atoms with E-state index in [1.165, 1.54) is 16.7 Å². The maximum absolute atomic E-state index is 11.7. The van der Waals surface area contributed by atoms with E-state index in [0.29, 0.717) is 24.7 Å². The molecule has 4 rings (SSSR count). The van der Waals surface area contributed by atoms with Gasteiger partial charge in [0.2, 0.25) is 0 Å². The van der Waals surface area contributed by atoms with Crippen LogP contribution in [0.4, 0.5) is 0 Å². The summed E-state index contributed by atoms with van der Waals surface area (Å²) in [7, 11) is 0. The molecule has 2 fully saturated rings. The second-order valence-electron chi connectivity index (χ2n) is 6.88. The quantitative estimate of drug-likeness (QED) is 0.636. The van der Waals surface area contributed by atoms with E-state index in [1.54, 1.807) is 0 Å². The molecular formula is C17H20O3. The number of esters is 1. The zero-order chi connectivity index (χ0) is 13.9. The molecule has 2 unspecified atom stereocenters. The van der Waals surface area contributed by atoms with Crippen molar-refractivity contribution in [3.63, 3.8) is 0 Å². The Morgan fingerprint density at radius 3 is 2.90 bits per heavy atom. The monoisotopic (exact) mass is 272 g/mol. The molecule has 0 radical (unpaired) electrons. The summed E-state index contributed by atoms with van der Waals surface area (Å²) in [6.07, 6.45) is 8.07. The third-order valence-electron chi connectivity index (χ3n) is 5.80. The van der Waals surface area contributed by atoms with Crippen LogP contribution in [0.25, 0.3) is 0 Å². The highest BCUT2D eigenvalue weighted by Gasteiger charge is 2.53. The minimum Gasteiger partial charge on any atom is -0.459 e. The molecule has 4 aliphatic rings. The fraction of sp³-hybridized carbons (Fsp3) is 0.647. The minimum atomic E-state index is -0.239. The summed E-state index contributed by atoms with van der Waals surface area (Å²) >= 11 is 0. The molecule has 0 spiro atoms. The van der Waals surface area contributed by atoms with Crippen LogP contribution in [0.2, 0.25) is 0 Å². The third kappa shape index (κ3) is 1.65. The van der Waals surface area contributed by atoms with Gasteiger partial charge in [-0.3, -0.25) is 9.59 Å². The zero-order valence-corrected chi connectivity index (χ0v) is 11.9. The van der Waals surface area contributed by atoms with Gasteiger partial charge in [0.1, 0.15) is 5.60 Å². The van der Waals surface area contributed by atoms with Gasteiger partial charge in [-0.2, -0.15) is 0 Å². The van der Waals surface area contributed by atoms with Gasteiger partial charge < -0.3 is 4.74 Å². The van der Waals surface area contributed by atoms with E-state index in [4.69, 9.17) is 4.74 Å². The molecule has 0 aromatic carbocycles. The number of ether oxygens (including phenoxy) is 1. The smallest absolute Gasteiger partial charge is 0.306 e. The number of hydrogen-bond donors (Lipinski definition) is 0. The maximum Gasteiger partial charge on any atom is 0.306 e. The summed E-state index contributed by atoms with van der Waals surface area (Å²) in [5.74, 6) is 1.11. The second-order valence-corrected chi connectivity index (χ2v) is 6.88. The average Bonchev–Trinajstić information content (AvgIpc) is 2.72. The lowest BCUT2D eigenvalue weighted by Gasteiger charge is -2.45. The van der Waals surface area contributed by atoms with Gasteiger partial charge in [0.25, 0.3) is 0 Å². The van der Waals surface area contributed by atoms with Crippen molar-refractivity contribution in [1.29, 1.82) is 0 Å². The first-order valence-electron chi connectivity index (χ1n) is 7.74. The Balaban J connectivity index is 1.75. The number of carbonyl (C=O) groups excluding carboxylic acids is 2. The van der Waals surface area contributed by atoms with Crippen molar-refractivity contribution in [3.05, 3.63) is 22.8 Å². The third-order valence-corrected chi connectivity index (χ3v) is 5.80. The van der Waals surface area contributed by atoms with Gasteiger partial charge in [-0.1, -0.05) is 5.57 Å². The first kappa shape index (κ1) is 12.4. The molecule has 0 aromatic rings. The van der Waals surface area contributed by atoms with Gasteiger partial charge in [-0.05, 0) is 62.2 Å². The summed E-state index contributed by atoms with van der Waals surface area (Å²) in [6, 6.07) is 0. The Morgan fingerprint density at radius 2 is 2.05 bits per heavy atom. The molecule has 1 saturated heterocycles. The number of allylic oxidation sites excluding steroid dienone is 4. The van der Waals surface area contributed by atoms with E-state index in [-0.39, 0.29) is 17.4 Å². The summed E-state index contributed by atoms with van der Waals surface area (Å²) in [4.78, 5) is 23.3. The Morgan fingerprint density at radius 1 is 1.20 bits per heavy atom. The Bertz CT molecular complexity index is 569. The van der Waals surface area contributed by atoms with Gasteiger partial charge in [-0.25, -0.2) is 0 Å². The van der Waals surface area contributed by atoms with E-state index >= 15 is 0 Å².